The van der Waals surface area contributed by atoms with Gasteiger partial charge in [0, 0.05) is 29.8 Å². The Labute approximate surface area is 116 Å². The lowest BCUT2D eigenvalue weighted by Crippen LogP contribution is -2.13. The molecule has 0 aliphatic heterocycles. The lowest BCUT2D eigenvalue weighted by atomic mass is 10.1. The maximum atomic E-state index is 12.1. The van der Waals surface area contributed by atoms with E-state index in [1.807, 2.05) is 43.6 Å². The van der Waals surface area contributed by atoms with Gasteiger partial charge in [0.1, 0.15) is 0 Å². The van der Waals surface area contributed by atoms with Crippen LogP contribution in [0.1, 0.15) is 12.5 Å². The zero-order valence-corrected chi connectivity index (χ0v) is 11.3. The van der Waals surface area contributed by atoms with E-state index < -0.39 is 0 Å². The second-order valence-corrected chi connectivity index (χ2v) is 4.67. The first-order chi connectivity index (χ1) is 9.76. The molecule has 0 fully saturated rings. The van der Waals surface area contributed by atoms with Crippen molar-refractivity contribution in [1.82, 2.24) is 14.8 Å². The van der Waals surface area contributed by atoms with Gasteiger partial charge < -0.3 is 10.3 Å². The number of nitrogens with zero attached hydrogens (tertiary/aromatic N) is 2. The van der Waals surface area contributed by atoms with E-state index in [9.17, 15) is 4.79 Å². The molecule has 20 heavy (non-hydrogen) atoms. The number of hydrogen-bond donors (Lipinski definition) is 2. The van der Waals surface area contributed by atoms with Crippen LogP contribution in [-0.4, -0.2) is 20.7 Å². The summed E-state index contributed by atoms with van der Waals surface area (Å²) in [4.78, 5) is 15.2. The highest BCUT2D eigenvalue weighted by molar-refractivity contribution is 5.95. The number of amides is 1. The first-order valence-electron chi connectivity index (χ1n) is 6.63. The number of aromatic amines is 1. The van der Waals surface area contributed by atoms with Crippen molar-refractivity contribution in [3.8, 4) is 0 Å². The number of benzene rings is 1. The van der Waals surface area contributed by atoms with Crippen LogP contribution in [0.3, 0.4) is 0 Å². The second-order valence-electron chi connectivity index (χ2n) is 4.67. The zero-order chi connectivity index (χ0) is 13.9. The minimum absolute atomic E-state index is 0.0367. The number of hydrogen-bond acceptors (Lipinski definition) is 2. The molecule has 0 radical (unpaired) electrons. The Morgan fingerprint density at radius 2 is 2.25 bits per heavy atom. The van der Waals surface area contributed by atoms with Crippen molar-refractivity contribution in [3.63, 3.8) is 0 Å². The zero-order valence-electron chi connectivity index (χ0n) is 11.3. The fourth-order valence-corrected chi connectivity index (χ4v) is 2.26. The molecule has 1 amide bonds. The Morgan fingerprint density at radius 1 is 1.40 bits per heavy atom. The Balaban J connectivity index is 1.72. The highest BCUT2D eigenvalue weighted by Crippen LogP contribution is 2.18. The fourth-order valence-electron chi connectivity index (χ4n) is 2.26. The first kappa shape index (κ1) is 12.5. The largest absolute Gasteiger partial charge is 0.361 e. The Hall–Kier alpha value is -2.56. The minimum Gasteiger partial charge on any atom is -0.361 e. The second kappa shape index (κ2) is 5.21. The monoisotopic (exact) mass is 268 g/mol. The van der Waals surface area contributed by atoms with E-state index in [0.29, 0.717) is 6.42 Å². The summed E-state index contributed by atoms with van der Waals surface area (Å²) in [6, 6.07) is 7.97. The van der Waals surface area contributed by atoms with Crippen LogP contribution in [0.2, 0.25) is 0 Å². The average Bonchev–Trinajstić information content (AvgIpc) is 3.06. The molecule has 0 spiro atoms. The maximum Gasteiger partial charge on any atom is 0.228 e. The summed E-state index contributed by atoms with van der Waals surface area (Å²) >= 11 is 0. The summed E-state index contributed by atoms with van der Waals surface area (Å²) in [5.41, 5.74) is 2.78. The normalized spacial score (nSPS) is 10.8. The summed E-state index contributed by atoms with van der Waals surface area (Å²) in [6.07, 6.45) is 5.73. The Morgan fingerprint density at radius 3 is 3.05 bits per heavy atom. The molecule has 3 aromatic rings. The van der Waals surface area contributed by atoms with Crippen LogP contribution in [0.5, 0.6) is 0 Å². The number of fused-ring (bicyclic) bond motifs is 1. The number of rotatable bonds is 4. The number of H-pyrrole nitrogens is 1. The number of nitrogens with one attached hydrogen (secondary N) is 2. The molecule has 2 heterocycles. The molecule has 2 N–H and O–H groups in total. The summed E-state index contributed by atoms with van der Waals surface area (Å²) in [7, 11) is 0. The van der Waals surface area contributed by atoms with Crippen LogP contribution >= 0.6 is 0 Å². The van der Waals surface area contributed by atoms with Gasteiger partial charge in [0.15, 0.2) is 0 Å². The van der Waals surface area contributed by atoms with E-state index in [0.717, 1.165) is 28.7 Å². The van der Waals surface area contributed by atoms with Crippen molar-refractivity contribution in [2.45, 2.75) is 19.9 Å². The maximum absolute atomic E-state index is 12.1. The molecule has 1 aromatic carbocycles. The first-order valence-corrected chi connectivity index (χ1v) is 6.63. The van der Waals surface area contributed by atoms with Crippen molar-refractivity contribution in [2.75, 3.05) is 5.32 Å². The third-order valence-corrected chi connectivity index (χ3v) is 3.27. The van der Waals surface area contributed by atoms with Crippen LogP contribution in [0.25, 0.3) is 10.9 Å². The van der Waals surface area contributed by atoms with Gasteiger partial charge in [0.2, 0.25) is 5.91 Å². The molecule has 0 saturated carbocycles. The number of para-hydroxylation sites is 1. The van der Waals surface area contributed by atoms with E-state index in [1.54, 1.807) is 10.9 Å². The Bertz CT molecular complexity index is 741. The van der Waals surface area contributed by atoms with Crippen LogP contribution in [-0.2, 0) is 17.8 Å². The standard InChI is InChI=1S/C15H16N4O/c1-2-19-10-12(9-17-19)18-15(20)7-11-8-16-14-6-4-3-5-13(11)14/h3-6,8-10,16H,2,7H2,1H3,(H,18,20). The third kappa shape index (κ3) is 2.42. The highest BCUT2D eigenvalue weighted by Gasteiger charge is 2.09. The molecule has 0 saturated heterocycles. The topological polar surface area (TPSA) is 62.7 Å². The van der Waals surface area contributed by atoms with Crippen LogP contribution in [0, 0.1) is 0 Å². The molecule has 3 rings (SSSR count). The smallest absolute Gasteiger partial charge is 0.228 e. The molecule has 2 aromatic heterocycles. The molecular formula is C15H16N4O. The minimum atomic E-state index is -0.0367. The van der Waals surface area contributed by atoms with Gasteiger partial charge in [-0.2, -0.15) is 5.10 Å². The third-order valence-electron chi connectivity index (χ3n) is 3.27. The van der Waals surface area contributed by atoms with E-state index in [1.165, 1.54) is 0 Å². The van der Waals surface area contributed by atoms with E-state index in [2.05, 4.69) is 15.4 Å². The number of aryl methyl sites for hydroxylation is 1. The van der Waals surface area contributed by atoms with Crippen molar-refractivity contribution in [1.29, 1.82) is 0 Å². The number of carbonyl (C=O) groups is 1. The summed E-state index contributed by atoms with van der Waals surface area (Å²) in [5.74, 6) is -0.0367. The van der Waals surface area contributed by atoms with E-state index >= 15 is 0 Å². The molecule has 0 aliphatic carbocycles. The van der Waals surface area contributed by atoms with Gasteiger partial charge in [-0.05, 0) is 18.6 Å². The van der Waals surface area contributed by atoms with Crippen LogP contribution in [0.4, 0.5) is 5.69 Å². The molecule has 0 atom stereocenters. The number of carbonyl (C=O) groups excluding carboxylic acids is 1. The molecule has 0 aliphatic rings. The van der Waals surface area contributed by atoms with Crippen molar-refractivity contribution in [3.05, 3.63) is 48.4 Å². The molecular weight excluding hydrogens is 252 g/mol. The van der Waals surface area contributed by atoms with Crippen molar-refractivity contribution >= 4 is 22.5 Å². The SMILES string of the molecule is CCn1cc(NC(=O)Cc2c[nH]c3ccccc23)cn1. The van der Waals surface area contributed by atoms with Crippen LogP contribution < -0.4 is 5.32 Å². The Kier molecular flexibility index (Phi) is 3.25. The molecule has 5 heteroatoms. The van der Waals surface area contributed by atoms with Gasteiger partial charge in [-0.3, -0.25) is 9.48 Å². The molecule has 0 unspecified atom stereocenters. The van der Waals surface area contributed by atoms with Crippen molar-refractivity contribution < 1.29 is 4.79 Å². The summed E-state index contributed by atoms with van der Waals surface area (Å²) < 4.78 is 1.78. The predicted molar refractivity (Wildman–Crippen MR) is 78.5 cm³/mol. The van der Waals surface area contributed by atoms with Gasteiger partial charge in [-0.15, -0.1) is 0 Å². The van der Waals surface area contributed by atoms with E-state index in [-0.39, 0.29) is 5.91 Å². The van der Waals surface area contributed by atoms with Gasteiger partial charge in [-0.1, -0.05) is 18.2 Å². The molecule has 0 bridgehead atoms. The van der Waals surface area contributed by atoms with E-state index in [4.69, 9.17) is 0 Å². The van der Waals surface area contributed by atoms with Gasteiger partial charge in [0.25, 0.3) is 0 Å². The van der Waals surface area contributed by atoms with Gasteiger partial charge in [-0.25, -0.2) is 0 Å². The quantitative estimate of drug-likeness (QED) is 0.764. The fraction of sp³-hybridized carbons (Fsp3) is 0.200. The predicted octanol–water partition coefficient (Wildman–Crippen LogP) is 2.57. The molecule has 102 valence electrons. The summed E-state index contributed by atoms with van der Waals surface area (Å²) in [6.45, 7) is 2.79. The summed E-state index contributed by atoms with van der Waals surface area (Å²) in [5, 5.41) is 8.08. The van der Waals surface area contributed by atoms with Gasteiger partial charge in [0.05, 0.1) is 18.3 Å². The van der Waals surface area contributed by atoms with Crippen molar-refractivity contribution in [2.24, 2.45) is 0 Å². The number of anilines is 1. The lowest BCUT2D eigenvalue weighted by Gasteiger charge is -2.01. The highest BCUT2D eigenvalue weighted by atomic mass is 16.1. The molecule has 5 nitrogen and oxygen atoms in total. The average molecular weight is 268 g/mol. The lowest BCUT2D eigenvalue weighted by molar-refractivity contribution is -0.115. The van der Waals surface area contributed by atoms with Crippen LogP contribution in [0.15, 0.2) is 42.9 Å². The number of aromatic nitrogens is 3. The van der Waals surface area contributed by atoms with Gasteiger partial charge >= 0.3 is 0 Å².